The van der Waals surface area contributed by atoms with E-state index in [0.717, 1.165) is 0 Å². The fourth-order valence-corrected chi connectivity index (χ4v) is 2.52. The van der Waals surface area contributed by atoms with Crippen molar-refractivity contribution in [2.75, 3.05) is 0 Å². The predicted octanol–water partition coefficient (Wildman–Crippen LogP) is 5.97. The summed E-state index contributed by atoms with van der Waals surface area (Å²) in [5.41, 5.74) is 0.0299. The molecule has 0 radical (unpaired) electrons. The zero-order valence-electron chi connectivity index (χ0n) is 13.9. The van der Waals surface area contributed by atoms with Crippen molar-refractivity contribution in [1.82, 2.24) is 0 Å². The summed E-state index contributed by atoms with van der Waals surface area (Å²) in [4.78, 5) is 12.1. The van der Waals surface area contributed by atoms with Crippen molar-refractivity contribution in [3.63, 3.8) is 0 Å². The molecule has 1 heterocycles. The van der Waals surface area contributed by atoms with E-state index in [0.29, 0.717) is 16.7 Å². The molecular weight excluding hydrogens is 347 g/mol. The van der Waals surface area contributed by atoms with Gasteiger partial charge in [-0.2, -0.15) is 0 Å². The van der Waals surface area contributed by atoms with E-state index in [2.05, 4.69) is 0 Å². The van der Waals surface area contributed by atoms with Crippen molar-refractivity contribution in [2.45, 2.75) is 26.4 Å². The molecule has 25 heavy (non-hydrogen) atoms. The number of benzene rings is 2. The molecule has 0 amide bonds. The molecule has 0 unspecified atom stereocenters. The second kappa shape index (κ2) is 6.41. The van der Waals surface area contributed by atoms with Gasteiger partial charge in [0, 0.05) is 17.5 Å². The summed E-state index contributed by atoms with van der Waals surface area (Å²) >= 11 is 6.17. The van der Waals surface area contributed by atoms with Gasteiger partial charge in [0.25, 0.3) is 0 Å². The Bertz CT molecular complexity index is 940. The number of halogens is 2. The van der Waals surface area contributed by atoms with Crippen LogP contribution in [0.15, 0.2) is 47.1 Å². The van der Waals surface area contributed by atoms with E-state index < -0.39 is 17.4 Å². The second-order valence-electron chi connectivity index (χ2n) is 6.49. The Morgan fingerprint density at radius 1 is 1.16 bits per heavy atom. The zero-order valence-corrected chi connectivity index (χ0v) is 14.7. The highest BCUT2D eigenvalue weighted by molar-refractivity contribution is 6.33. The average Bonchev–Trinajstić information content (AvgIpc) is 2.93. The van der Waals surface area contributed by atoms with Crippen molar-refractivity contribution in [2.24, 2.45) is 0 Å². The van der Waals surface area contributed by atoms with Crippen LogP contribution in [-0.4, -0.2) is 11.6 Å². The first-order valence-electron chi connectivity index (χ1n) is 7.60. The lowest BCUT2D eigenvalue weighted by Crippen LogP contribution is -2.24. The number of carbonyl (C=O) groups is 1. The lowest BCUT2D eigenvalue weighted by atomic mass is 10.1. The molecule has 0 saturated heterocycles. The first-order valence-corrected chi connectivity index (χ1v) is 7.98. The molecule has 2 aromatic carbocycles. The van der Waals surface area contributed by atoms with Gasteiger partial charge in [0.05, 0.1) is 16.8 Å². The van der Waals surface area contributed by atoms with E-state index in [1.807, 2.05) is 0 Å². The number of hydrogen-bond acceptors (Lipinski definition) is 4. The van der Waals surface area contributed by atoms with Crippen molar-refractivity contribution >= 4 is 28.5 Å². The van der Waals surface area contributed by atoms with E-state index in [9.17, 15) is 9.18 Å². The van der Waals surface area contributed by atoms with Gasteiger partial charge >= 0.3 is 5.97 Å². The minimum absolute atomic E-state index is 0.179. The topological polar surface area (TPSA) is 48.7 Å². The lowest BCUT2D eigenvalue weighted by Gasteiger charge is -2.20. The summed E-state index contributed by atoms with van der Waals surface area (Å²) in [7, 11) is 0. The van der Waals surface area contributed by atoms with Gasteiger partial charge in [-0.05, 0) is 45.0 Å². The largest absolute Gasteiger partial charge is 0.460 e. The zero-order chi connectivity index (χ0) is 18.2. The number of carbonyl (C=O) groups excluding carboxylic acids is 1. The van der Waals surface area contributed by atoms with Crippen LogP contribution in [0.1, 0.15) is 31.1 Å². The Morgan fingerprint density at radius 2 is 1.92 bits per heavy atom. The number of ether oxygens (including phenoxy) is 2. The summed E-state index contributed by atoms with van der Waals surface area (Å²) in [6, 6.07) is 8.76. The molecule has 4 nitrogen and oxygen atoms in total. The number of rotatable bonds is 3. The van der Waals surface area contributed by atoms with Gasteiger partial charge in [-0.3, -0.25) is 0 Å². The van der Waals surface area contributed by atoms with E-state index in [1.54, 1.807) is 32.9 Å². The van der Waals surface area contributed by atoms with Crippen LogP contribution in [0, 0.1) is 5.82 Å². The number of furan rings is 1. The van der Waals surface area contributed by atoms with E-state index in [1.165, 1.54) is 30.5 Å². The molecule has 0 fully saturated rings. The highest BCUT2D eigenvalue weighted by Crippen LogP contribution is 2.33. The molecule has 0 atom stereocenters. The maximum atomic E-state index is 13.7. The highest BCUT2D eigenvalue weighted by atomic mass is 35.5. The molecule has 6 heteroatoms. The van der Waals surface area contributed by atoms with Crippen LogP contribution in [0.3, 0.4) is 0 Å². The van der Waals surface area contributed by atoms with Crippen molar-refractivity contribution in [3.8, 4) is 11.5 Å². The Hall–Kier alpha value is -2.53. The molecule has 0 saturated carbocycles. The minimum Gasteiger partial charge on any atom is -0.460 e. The molecule has 0 spiro atoms. The summed E-state index contributed by atoms with van der Waals surface area (Å²) in [6.07, 6.45) is 1.45. The Labute approximate surface area is 149 Å². The third kappa shape index (κ3) is 3.94. The molecule has 1 aromatic heterocycles. The van der Waals surface area contributed by atoms with Crippen LogP contribution in [0.25, 0.3) is 11.0 Å². The third-order valence-electron chi connectivity index (χ3n) is 3.27. The molecule has 130 valence electrons. The predicted molar refractivity (Wildman–Crippen MR) is 92.9 cm³/mol. The van der Waals surface area contributed by atoms with E-state index >= 15 is 0 Å². The Kier molecular flexibility index (Phi) is 4.43. The Morgan fingerprint density at radius 3 is 2.60 bits per heavy atom. The van der Waals surface area contributed by atoms with E-state index in [4.69, 9.17) is 25.5 Å². The molecule has 0 aliphatic carbocycles. The van der Waals surface area contributed by atoms with Crippen molar-refractivity contribution in [3.05, 3.63) is 59.1 Å². The molecule has 0 aliphatic rings. The summed E-state index contributed by atoms with van der Waals surface area (Å²) < 4.78 is 30.0. The number of esters is 1. The Balaban J connectivity index is 1.88. The molecule has 0 bridgehead atoms. The van der Waals surface area contributed by atoms with Gasteiger partial charge in [0.1, 0.15) is 17.2 Å². The smallest absolute Gasteiger partial charge is 0.340 e. The maximum absolute atomic E-state index is 13.7. The van der Waals surface area contributed by atoms with Crippen LogP contribution in [0.2, 0.25) is 5.02 Å². The standard InChI is InChI=1S/C19H16ClFO4/c1-19(2,3)25-18(22)14-5-4-13(10-15(14)20)24-16-9-12(21)8-11-6-7-23-17(11)16/h4-10H,1-3H3. The maximum Gasteiger partial charge on any atom is 0.340 e. The van der Waals surface area contributed by atoms with Gasteiger partial charge in [0.2, 0.25) is 0 Å². The SMILES string of the molecule is CC(C)(C)OC(=O)c1ccc(Oc2cc(F)cc3ccoc23)cc1Cl. The number of fused-ring (bicyclic) bond motifs is 1. The van der Waals surface area contributed by atoms with Crippen LogP contribution >= 0.6 is 11.6 Å². The second-order valence-corrected chi connectivity index (χ2v) is 6.90. The molecule has 3 aromatic rings. The van der Waals surface area contributed by atoms with Crippen molar-refractivity contribution < 1.29 is 23.1 Å². The number of hydrogen-bond donors (Lipinski definition) is 0. The monoisotopic (exact) mass is 362 g/mol. The first kappa shape index (κ1) is 17.3. The van der Waals surface area contributed by atoms with Gasteiger partial charge in [-0.1, -0.05) is 11.6 Å². The van der Waals surface area contributed by atoms with Crippen LogP contribution in [-0.2, 0) is 4.74 Å². The lowest BCUT2D eigenvalue weighted by molar-refractivity contribution is 0.00697. The minimum atomic E-state index is -0.623. The van der Waals surface area contributed by atoms with Gasteiger partial charge in [-0.15, -0.1) is 0 Å². The van der Waals surface area contributed by atoms with E-state index in [-0.39, 0.29) is 16.3 Å². The average molecular weight is 363 g/mol. The van der Waals surface area contributed by atoms with Crippen LogP contribution in [0.4, 0.5) is 4.39 Å². The molecule has 0 aliphatic heterocycles. The van der Waals surface area contributed by atoms with Crippen LogP contribution < -0.4 is 4.74 Å². The summed E-state index contributed by atoms with van der Waals surface area (Å²) in [5.74, 6) is -0.398. The third-order valence-corrected chi connectivity index (χ3v) is 3.58. The molecule has 3 rings (SSSR count). The quantitative estimate of drug-likeness (QED) is 0.538. The fraction of sp³-hybridized carbons (Fsp3) is 0.211. The van der Waals surface area contributed by atoms with Gasteiger partial charge in [-0.25, -0.2) is 9.18 Å². The fourth-order valence-electron chi connectivity index (χ4n) is 2.27. The van der Waals surface area contributed by atoms with Gasteiger partial charge < -0.3 is 13.9 Å². The van der Waals surface area contributed by atoms with Gasteiger partial charge in [0.15, 0.2) is 11.3 Å². The molecule has 0 N–H and O–H groups in total. The summed E-state index contributed by atoms with van der Waals surface area (Å²) in [6.45, 7) is 5.32. The summed E-state index contributed by atoms with van der Waals surface area (Å²) in [5, 5.41) is 0.769. The van der Waals surface area contributed by atoms with Crippen molar-refractivity contribution in [1.29, 1.82) is 0 Å². The van der Waals surface area contributed by atoms with Crippen LogP contribution in [0.5, 0.6) is 11.5 Å². The normalized spacial score (nSPS) is 11.6. The first-order chi connectivity index (χ1) is 11.7. The molecular formula is C19H16ClFO4. The highest BCUT2D eigenvalue weighted by Gasteiger charge is 2.20.